The SMILES string of the molecule is CCOC(=O)C(Cc1c[nH]c2ccccc12)NC(=O)[C@H](CC(C)C)NP(=O)([O-])OC[C@@H](O)CO.[Na+]. The topological polar surface area (TPSA) is 173 Å². The van der Waals surface area contributed by atoms with Crippen LogP contribution >= 0.6 is 7.75 Å². The smallest absolute Gasteiger partial charge is 0.766 e. The normalized spacial score (nSPS) is 15.6. The molecule has 190 valence electrons. The number of ether oxygens (including phenoxy) is 1. The number of carbonyl (C=O) groups is 2. The van der Waals surface area contributed by atoms with Crippen molar-refractivity contribution in [2.24, 2.45) is 5.92 Å². The van der Waals surface area contributed by atoms with E-state index in [1.165, 1.54) is 0 Å². The molecule has 0 bridgehead atoms. The molecule has 0 saturated carbocycles. The molecule has 0 saturated heterocycles. The van der Waals surface area contributed by atoms with E-state index in [1.54, 1.807) is 13.1 Å². The van der Waals surface area contributed by atoms with Crippen molar-refractivity contribution in [3.05, 3.63) is 36.0 Å². The van der Waals surface area contributed by atoms with Gasteiger partial charge in [-0.15, -0.1) is 0 Å². The fourth-order valence-electron chi connectivity index (χ4n) is 3.38. The fourth-order valence-corrected chi connectivity index (χ4v) is 4.43. The molecule has 1 aromatic heterocycles. The van der Waals surface area contributed by atoms with Crippen molar-refractivity contribution in [2.75, 3.05) is 19.8 Å². The number of para-hydroxylation sites is 1. The Morgan fingerprint density at radius 3 is 2.54 bits per heavy atom. The summed E-state index contributed by atoms with van der Waals surface area (Å²) in [5.41, 5.74) is 1.67. The fraction of sp³-hybridized carbons (Fsp3) is 0.545. The minimum absolute atomic E-state index is 0. The average molecular weight is 521 g/mol. The summed E-state index contributed by atoms with van der Waals surface area (Å²) < 4.78 is 22.1. The number of hydrogen-bond acceptors (Lipinski definition) is 8. The Labute approximate surface area is 226 Å². The van der Waals surface area contributed by atoms with Gasteiger partial charge in [-0.3, -0.25) is 9.36 Å². The van der Waals surface area contributed by atoms with E-state index < -0.39 is 51.0 Å². The molecule has 5 N–H and O–H groups in total. The van der Waals surface area contributed by atoms with Crippen LogP contribution in [-0.2, 0) is 29.8 Å². The molecular weight excluding hydrogens is 488 g/mol. The summed E-state index contributed by atoms with van der Waals surface area (Å²) in [6.45, 7) is 4.05. The number of aromatic amines is 1. The molecule has 0 spiro atoms. The maximum atomic E-state index is 13.1. The Bertz CT molecular complexity index is 1000. The molecule has 2 rings (SSSR count). The summed E-state index contributed by atoms with van der Waals surface area (Å²) in [5.74, 6) is -1.42. The summed E-state index contributed by atoms with van der Waals surface area (Å²) in [7, 11) is -4.75. The van der Waals surface area contributed by atoms with Crippen LogP contribution in [-0.4, -0.2) is 65.1 Å². The van der Waals surface area contributed by atoms with Crippen LogP contribution in [0.2, 0.25) is 0 Å². The summed E-state index contributed by atoms with van der Waals surface area (Å²) in [4.78, 5) is 41.1. The standard InChI is InChI=1S/C22H34N3O8P.Na/c1-4-32-22(29)20(10-15-11-23-18-8-6-5-7-17(15)18)24-21(28)19(9-14(2)3)25-34(30,31)33-13-16(27)12-26;/h5-8,11,14,16,19-20,23,26-27H,4,9-10,12-13H2,1-3H3,(H,24,28)(H2,25,30,31);/q;+1/p-1/t16-,19-,20?;/m0./s1. The minimum Gasteiger partial charge on any atom is -0.766 e. The number of fused-ring (bicyclic) bond motifs is 1. The number of hydrogen-bond donors (Lipinski definition) is 5. The molecule has 0 aliphatic heterocycles. The molecule has 4 atom stereocenters. The molecule has 0 aliphatic carbocycles. The monoisotopic (exact) mass is 521 g/mol. The zero-order chi connectivity index (χ0) is 25.3. The van der Waals surface area contributed by atoms with Crippen LogP contribution in [0.15, 0.2) is 30.5 Å². The third kappa shape index (κ3) is 10.3. The molecule has 13 heteroatoms. The maximum absolute atomic E-state index is 13.1. The van der Waals surface area contributed by atoms with Crippen molar-refractivity contribution < 1.29 is 68.1 Å². The van der Waals surface area contributed by atoms with Gasteiger partial charge in [-0.2, -0.15) is 0 Å². The number of amides is 1. The molecule has 1 aromatic carbocycles. The largest absolute Gasteiger partial charge is 1.00 e. The van der Waals surface area contributed by atoms with Crippen molar-refractivity contribution in [2.45, 2.75) is 51.8 Å². The van der Waals surface area contributed by atoms with E-state index in [9.17, 15) is 24.2 Å². The van der Waals surface area contributed by atoms with Gasteiger partial charge in [-0.25, -0.2) is 9.88 Å². The van der Waals surface area contributed by atoms with Crippen LogP contribution in [0.3, 0.4) is 0 Å². The number of aliphatic hydroxyl groups excluding tert-OH is 2. The van der Waals surface area contributed by atoms with Crippen molar-refractivity contribution >= 4 is 30.5 Å². The van der Waals surface area contributed by atoms with Crippen molar-refractivity contribution in [1.82, 2.24) is 15.4 Å². The van der Waals surface area contributed by atoms with Gasteiger partial charge in [0.15, 0.2) is 0 Å². The van der Waals surface area contributed by atoms with Crippen LogP contribution in [0.1, 0.15) is 32.8 Å². The maximum Gasteiger partial charge on any atom is 1.00 e. The van der Waals surface area contributed by atoms with Crippen LogP contribution in [0.5, 0.6) is 0 Å². The molecule has 1 amide bonds. The molecule has 0 fully saturated rings. The van der Waals surface area contributed by atoms with E-state index in [1.807, 2.05) is 38.1 Å². The first kappa shape index (κ1) is 31.8. The van der Waals surface area contributed by atoms with Crippen LogP contribution < -0.4 is 44.9 Å². The van der Waals surface area contributed by atoms with Crippen molar-refractivity contribution in [3.63, 3.8) is 0 Å². The average Bonchev–Trinajstić information content (AvgIpc) is 3.19. The van der Waals surface area contributed by atoms with Gasteiger partial charge in [0.05, 0.1) is 25.9 Å². The summed E-state index contributed by atoms with van der Waals surface area (Å²) >= 11 is 0. The van der Waals surface area contributed by atoms with Gasteiger partial charge in [-0.1, -0.05) is 32.0 Å². The Balaban J connectivity index is 0.00000612. The molecule has 2 aromatic rings. The van der Waals surface area contributed by atoms with E-state index in [-0.39, 0.29) is 54.9 Å². The van der Waals surface area contributed by atoms with Gasteiger partial charge < -0.3 is 34.7 Å². The summed E-state index contributed by atoms with van der Waals surface area (Å²) in [6.07, 6.45) is 0.633. The van der Waals surface area contributed by atoms with E-state index >= 15 is 0 Å². The number of aromatic nitrogens is 1. The van der Waals surface area contributed by atoms with E-state index in [4.69, 9.17) is 9.84 Å². The van der Waals surface area contributed by atoms with Crippen molar-refractivity contribution in [3.8, 4) is 0 Å². The molecule has 35 heavy (non-hydrogen) atoms. The number of carbonyl (C=O) groups excluding carboxylic acids is 2. The molecular formula is C22H33N3NaO8P. The molecule has 2 unspecified atom stereocenters. The van der Waals surface area contributed by atoms with Gasteiger partial charge in [0.25, 0.3) is 0 Å². The Morgan fingerprint density at radius 2 is 1.91 bits per heavy atom. The number of H-pyrrole nitrogens is 1. The predicted molar refractivity (Wildman–Crippen MR) is 124 cm³/mol. The Hall–Kier alpha value is -1.27. The summed E-state index contributed by atoms with van der Waals surface area (Å²) in [6, 6.07) is 5.23. The van der Waals surface area contributed by atoms with Gasteiger partial charge in [0, 0.05) is 23.5 Å². The minimum atomic E-state index is -4.75. The van der Waals surface area contributed by atoms with E-state index in [0.717, 1.165) is 16.5 Å². The van der Waals surface area contributed by atoms with Crippen molar-refractivity contribution in [1.29, 1.82) is 0 Å². The number of nitrogens with one attached hydrogen (secondary N) is 3. The van der Waals surface area contributed by atoms with Crippen LogP contribution in [0, 0.1) is 5.92 Å². The van der Waals surface area contributed by atoms with Crippen LogP contribution in [0.25, 0.3) is 10.9 Å². The first-order valence-corrected chi connectivity index (χ1v) is 12.6. The first-order valence-electron chi connectivity index (χ1n) is 11.1. The van der Waals surface area contributed by atoms with Gasteiger partial charge in [0.1, 0.15) is 12.1 Å². The Morgan fingerprint density at radius 1 is 1.23 bits per heavy atom. The molecule has 0 aliphatic rings. The number of rotatable bonds is 14. The third-order valence-corrected chi connectivity index (χ3v) is 6.09. The zero-order valence-electron chi connectivity index (χ0n) is 20.5. The van der Waals surface area contributed by atoms with Gasteiger partial charge >= 0.3 is 35.5 Å². The van der Waals surface area contributed by atoms with E-state index in [2.05, 4.69) is 19.9 Å². The zero-order valence-corrected chi connectivity index (χ0v) is 23.4. The molecule has 1 heterocycles. The number of esters is 1. The molecule has 0 radical (unpaired) electrons. The number of aliphatic hydroxyl groups is 2. The second kappa shape index (κ2) is 15.1. The first-order chi connectivity index (χ1) is 16.1. The van der Waals surface area contributed by atoms with Gasteiger partial charge in [-0.05, 0) is 30.9 Å². The van der Waals surface area contributed by atoms with E-state index in [0.29, 0.717) is 0 Å². The second-order valence-electron chi connectivity index (χ2n) is 8.32. The van der Waals surface area contributed by atoms with Gasteiger partial charge in [0.2, 0.25) is 13.7 Å². The van der Waals surface area contributed by atoms with Crippen LogP contribution in [0.4, 0.5) is 0 Å². The third-order valence-electron chi connectivity index (χ3n) is 4.97. The molecule has 11 nitrogen and oxygen atoms in total. The summed E-state index contributed by atoms with van der Waals surface area (Å²) in [5, 5.41) is 23.9. The number of benzene rings is 1. The quantitative estimate of drug-likeness (QED) is 0.103. The Kier molecular flexibility index (Phi) is 13.7. The second-order valence-corrected chi connectivity index (χ2v) is 9.83. The predicted octanol–water partition coefficient (Wildman–Crippen LogP) is -2.40.